The maximum absolute atomic E-state index is 13.7. The number of nitrogens with zero attached hydrogens (tertiary/aromatic N) is 1. The van der Waals surface area contributed by atoms with Crippen molar-refractivity contribution in [2.45, 2.75) is 26.4 Å². The van der Waals surface area contributed by atoms with Crippen molar-refractivity contribution >= 4 is 33.4 Å². The lowest BCUT2D eigenvalue weighted by molar-refractivity contribution is -0.138. The number of benzene rings is 3. The van der Waals surface area contributed by atoms with Crippen LogP contribution in [0.5, 0.6) is 11.5 Å². The molecule has 3 aromatic rings. The fourth-order valence-electron chi connectivity index (χ4n) is 5.09. The van der Waals surface area contributed by atoms with Crippen molar-refractivity contribution in [2.24, 2.45) is 0 Å². The predicted molar refractivity (Wildman–Crippen MR) is 149 cm³/mol. The summed E-state index contributed by atoms with van der Waals surface area (Å²) in [6.45, 7) is 3.91. The summed E-state index contributed by atoms with van der Waals surface area (Å²) >= 11 is 3.61. The van der Waals surface area contributed by atoms with Gasteiger partial charge in [0.15, 0.2) is 17.3 Å². The third kappa shape index (κ3) is 4.59. The van der Waals surface area contributed by atoms with Gasteiger partial charge >= 0.3 is 5.97 Å². The molecule has 0 saturated heterocycles. The average molecular weight is 585 g/mol. The summed E-state index contributed by atoms with van der Waals surface area (Å²) in [5.41, 5.74) is 5.46. The first kappa shape index (κ1) is 26.3. The number of ether oxygens (including phenoxy) is 3. The van der Waals surface area contributed by atoms with E-state index in [1.54, 1.807) is 31.2 Å². The summed E-state index contributed by atoms with van der Waals surface area (Å²) in [4.78, 5) is 26.9. The number of esters is 1. The smallest absolute Gasteiger partial charge is 0.336 e. The van der Waals surface area contributed by atoms with Crippen LogP contribution in [0.3, 0.4) is 0 Å². The number of carbonyl (C=O) groups is 2. The number of allylic oxidation sites excluding steroid dienone is 2. The van der Waals surface area contributed by atoms with E-state index >= 15 is 0 Å². The van der Waals surface area contributed by atoms with Gasteiger partial charge in [-0.2, -0.15) is 5.26 Å². The van der Waals surface area contributed by atoms with E-state index in [0.29, 0.717) is 55.2 Å². The van der Waals surface area contributed by atoms with E-state index in [2.05, 4.69) is 27.3 Å². The Morgan fingerprint density at radius 1 is 1.10 bits per heavy atom. The lowest BCUT2D eigenvalue weighted by Crippen LogP contribution is -2.29. The van der Waals surface area contributed by atoms with Gasteiger partial charge in [0.2, 0.25) is 0 Å². The summed E-state index contributed by atoms with van der Waals surface area (Å²) in [5.74, 6) is -0.476. The molecule has 1 heterocycles. The normalized spacial score (nSPS) is 15.8. The van der Waals surface area contributed by atoms with E-state index in [1.165, 1.54) is 7.11 Å². The number of ketones is 1. The topological polar surface area (TPSA) is 97.6 Å². The van der Waals surface area contributed by atoms with Gasteiger partial charge in [-0.25, -0.2) is 4.79 Å². The highest BCUT2D eigenvalue weighted by atomic mass is 79.9. The van der Waals surface area contributed by atoms with Gasteiger partial charge in [-0.3, -0.25) is 4.79 Å². The third-order valence-corrected chi connectivity index (χ3v) is 7.43. The van der Waals surface area contributed by atoms with Crippen LogP contribution >= 0.6 is 15.9 Å². The molecule has 8 heteroatoms. The number of dihydropyridines is 1. The minimum absolute atomic E-state index is 0.143. The second-order valence-corrected chi connectivity index (χ2v) is 9.93. The molecule has 7 nitrogen and oxygen atoms in total. The van der Waals surface area contributed by atoms with Gasteiger partial charge in [0.1, 0.15) is 6.61 Å². The van der Waals surface area contributed by atoms with Crippen LogP contribution in [0.4, 0.5) is 0 Å². The number of hydrogen-bond acceptors (Lipinski definition) is 7. The molecule has 1 N–H and O–H groups in total. The number of nitrogens with one attached hydrogen (secondary N) is 1. The molecule has 2 aliphatic rings. The van der Waals surface area contributed by atoms with Gasteiger partial charge in [-0.1, -0.05) is 42.5 Å². The molecule has 0 unspecified atom stereocenters. The summed E-state index contributed by atoms with van der Waals surface area (Å²) < 4.78 is 17.8. The Balaban J connectivity index is 1.61. The zero-order valence-electron chi connectivity index (χ0n) is 21.6. The Morgan fingerprint density at radius 2 is 1.82 bits per heavy atom. The molecule has 0 fully saturated rings. The number of halogens is 1. The Morgan fingerprint density at radius 3 is 2.54 bits per heavy atom. The molecule has 39 heavy (non-hydrogen) atoms. The molecule has 0 amide bonds. The van der Waals surface area contributed by atoms with Crippen LogP contribution in [-0.4, -0.2) is 25.5 Å². The number of carbonyl (C=O) groups excluding carboxylic acids is 2. The quantitative estimate of drug-likeness (QED) is 0.338. The molecule has 0 radical (unpaired) electrons. The lowest BCUT2D eigenvalue weighted by atomic mass is 9.79. The summed E-state index contributed by atoms with van der Waals surface area (Å²) in [5, 5.41) is 12.7. The fourth-order valence-corrected chi connectivity index (χ4v) is 5.67. The van der Waals surface area contributed by atoms with Gasteiger partial charge in [0.25, 0.3) is 0 Å². The molecule has 1 atom stereocenters. The van der Waals surface area contributed by atoms with E-state index < -0.39 is 11.9 Å². The first-order valence-corrected chi connectivity index (χ1v) is 13.2. The van der Waals surface area contributed by atoms with Gasteiger partial charge in [0.05, 0.1) is 41.1 Å². The molecule has 0 bridgehead atoms. The third-order valence-electron chi connectivity index (χ3n) is 6.84. The number of rotatable bonds is 7. The fraction of sp³-hybridized carbons (Fsp3) is 0.194. The van der Waals surface area contributed by atoms with Gasteiger partial charge in [-0.15, -0.1) is 0 Å². The highest BCUT2D eigenvalue weighted by Crippen LogP contribution is 2.49. The largest absolute Gasteiger partial charge is 0.493 e. The second-order valence-electron chi connectivity index (χ2n) is 9.07. The van der Waals surface area contributed by atoms with Crippen molar-refractivity contribution in [1.29, 1.82) is 5.26 Å². The van der Waals surface area contributed by atoms with Crippen molar-refractivity contribution in [3.8, 4) is 17.6 Å². The second kappa shape index (κ2) is 10.8. The van der Waals surface area contributed by atoms with E-state index in [-0.39, 0.29) is 19.0 Å². The van der Waals surface area contributed by atoms with Crippen LogP contribution in [0.25, 0.3) is 5.70 Å². The Bertz CT molecular complexity index is 1620. The van der Waals surface area contributed by atoms with E-state index in [9.17, 15) is 14.9 Å². The SMILES string of the molecule is CCOC(=O)C1=C(C)NC2=C(C(=O)c3ccccc32)[C@@H]1c1cc(Br)c(OCc2ccccc2C#N)c(OC)c1. The predicted octanol–water partition coefficient (Wildman–Crippen LogP) is 6.04. The zero-order chi connectivity index (χ0) is 27.7. The van der Waals surface area contributed by atoms with E-state index in [4.69, 9.17) is 14.2 Å². The minimum atomic E-state index is -0.696. The lowest BCUT2D eigenvalue weighted by Gasteiger charge is -2.30. The van der Waals surface area contributed by atoms with Crippen molar-refractivity contribution in [3.05, 3.63) is 110 Å². The Labute approximate surface area is 234 Å². The standard InChI is InChI=1S/C31H25BrN2O5/c1-4-38-31(36)25-17(2)34-28-21-11-7-8-12-22(21)29(35)27(28)26(25)20-13-23(32)30(24(14-20)37-3)39-16-19-10-6-5-9-18(19)15-33/h5-14,26,34H,4,16H2,1-3H3/t26-/m1/s1. The van der Waals surface area contributed by atoms with Crippen LogP contribution in [0.1, 0.15) is 52.4 Å². The van der Waals surface area contributed by atoms with Crippen molar-refractivity contribution in [2.75, 3.05) is 13.7 Å². The molecule has 0 spiro atoms. The monoisotopic (exact) mass is 584 g/mol. The highest BCUT2D eigenvalue weighted by Gasteiger charge is 2.43. The van der Waals surface area contributed by atoms with Crippen LogP contribution in [-0.2, 0) is 16.1 Å². The molecule has 5 rings (SSSR count). The van der Waals surface area contributed by atoms with Gasteiger partial charge in [-0.05, 0) is 53.5 Å². The maximum Gasteiger partial charge on any atom is 0.336 e. The number of Topliss-reactive ketones (excluding diaryl/α,β-unsaturated/α-hetero) is 1. The van der Waals surface area contributed by atoms with Crippen LogP contribution in [0.15, 0.2) is 82.0 Å². The molecule has 1 aliphatic carbocycles. The summed E-state index contributed by atoms with van der Waals surface area (Å²) in [7, 11) is 1.53. The first-order valence-electron chi connectivity index (χ1n) is 12.4. The number of fused-ring (bicyclic) bond motifs is 2. The number of nitriles is 1. The highest BCUT2D eigenvalue weighted by molar-refractivity contribution is 9.10. The number of hydrogen-bond donors (Lipinski definition) is 1. The Hall–Kier alpha value is -4.35. The maximum atomic E-state index is 13.7. The van der Waals surface area contributed by atoms with Gasteiger partial charge in [0, 0.05) is 33.9 Å². The molecule has 0 aromatic heterocycles. The van der Waals surface area contributed by atoms with Crippen LogP contribution in [0.2, 0.25) is 0 Å². The average Bonchev–Trinajstić information content (AvgIpc) is 3.22. The number of methoxy groups -OCH3 is 1. The zero-order valence-corrected chi connectivity index (χ0v) is 23.2. The summed E-state index contributed by atoms with van der Waals surface area (Å²) in [6, 6.07) is 20.4. The van der Waals surface area contributed by atoms with E-state index in [1.807, 2.05) is 43.3 Å². The molecular weight excluding hydrogens is 560 g/mol. The molecular formula is C31H25BrN2O5. The van der Waals surface area contributed by atoms with Crippen molar-refractivity contribution in [3.63, 3.8) is 0 Å². The summed E-state index contributed by atoms with van der Waals surface area (Å²) in [6.07, 6.45) is 0. The molecule has 196 valence electrons. The van der Waals surface area contributed by atoms with Crippen LogP contribution < -0.4 is 14.8 Å². The first-order chi connectivity index (χ1) is 18.9. The Kier molecular flexibility index (Phi) is 7.27. The van der Waals surface area contributed by atoms with Crippen molar-refractivity contribution in [1.82, 2.24) is 5.32 Å². The van der Waals surface area contributed by atoms with E-state index in [0.717, 1.165) is 11.1 Å². The molecule has 3 aromatic carbocycles. The van der Waals surface area contributed by atoms with Crippen molar-refractivity contribution < 1.29 is 23.8 Å². The molecule has 1 aliphatic heterocycles. The molecule has 0 saturated carbocycles. The van der Waals surface area contributed by atoms with Crippen LogP contribution in [0, 0.1) is 11.3 Å². The minimum Gasteiger partial charge on any atom is -0.493 e. The van der Waals surface area contributed by atoms with Gasteiger partial charge < -0.3 is 19.5 Å².